The zero-order chi connectivity index (χ0) is 14.4. The van der Waals surface area contributed by atoms with E-state index in [1.807, 2.05) is 6.07 Å². The molecule has 0 fully saturated rings. The number of hydrogen-bond donors (Lipinski definition) is 3. The van der Waals surface area contributed by atoms with E-state index in [-0.39, 0.29) is 0 Å². The Hall–Kier alpha value is -1.67. The molecule has 0 spiro atoms. The number of hydrogen-bond acceptors (Lipinski definition) is 4. The van der Waals surface area contributed by atoms with E-state index in [9.17, 15) is 14.4 Å². The van der Waals surface area contributed by atoms with E-state index in [1.165, 1.54) is 17.4 Å². The van der Waals surface area contributed by atoms with Crippen molar-refractivity contribution in [2.75, 3.05) is 0 Å². The topological polar surface area (TPSA) is 109 Å². The van der Waals surface area contributed by atoms with Crippen LogP contribution < -0.4 is 11.1 Å². The number of nitrogens with one attached hydrogen (secondary N) is 1. The lowest BCUT2D eigenvalue weighted by Gasteiger charge is -2.10. The molecule has 1 aromatic rings. The second kappa shape index (κ2) is 7.05. The first-order valence-electron chi connectivity index (χ1n) is 5.13. The number of aliphatic carboxylic acids is 1. The van der Waals surface area contributed by atoms with Crippen LogP contribution in [0, 0.1) is 0 Å². The predicted octanol–water partition coefficient (Wildman–Crippen LogP) is 0.969. The van der Waals surface area contributed by atoms with Crippen LogP contribution in [0.25, 0.3) is 6.08 Å². The van der Waals surface area contributed by atoms with E-state index in [2.05, 4.69) is 21.2 Å². The fourth-order valence-corrected chi connectivity index (χ4v) is 2.52. The van der Waals surface area contributed by atoms with Crippen molar-refractivity contribution in [3.05, 3.63) is 26.9 Å². The van der Waals surface area contributed by atoms with Gasteiger partial charge >= 0.3 is 5.97 Å². The molecule has 0 bridgehead atoms. The van der Waals surface area contributed by atoms with Gasteiger partial charge in [0.1, 0.15) is 6.04 Å². The lowest BCUT2D eigenvalue weighted by Crippen LogP contribution is -2.42. The van der Waals surface area contributed by atoms with E-state index in [0.29, 0.717) is 0 Å². The normalized spacial score (nSPS) is 12.3. The minimum Gasteiger partial charge on any atom is -0.480 e. The number of nitrogens with two attached hydrogens (primary N) is 1. The summed E-state index contributed by atoms with van der Waals surface area (Å²) < 4.78 is 0.921. The summed E-state index contributed by atoms with van der Waals surface area (Å²) >= 11 is 4.71. The molecule has 0 saturated carbocycles. The number of carboxylic acid groups (broad SMARTS) is 1. The largest absolute Gasteiger partial charge is 0.480 e. The van der Waals surface area contributed by atoms with Crippen LogP contribution >= 0.6 is 27.3 Å². The molecule has 6 nitrogen and oxygen atoms in total. The molecule has 8 heteroatoms. The van der Waals surface area contributed by atoms with Gasteiger partial charge in [-0.2, -0.15) is 0 Å². The second-order valence-electron chi connectivity index (χ2n) is 3.55. The summed E-state index contributed by atoms with van der Waals surface area (Å²) in [6.45, 7) is 0. The average Bonchev–Trinajstić information content (AvgIpc) is 2.71. The molecule has 0 aromatic carbocycles. The van der Waals surface area contributed by atoms with Crippen LogP contribution in [0.5, 0.6) is 0 Å². The first-order chi connectivity index (χ1) is 8.88. The van der Waals surface area contributed by atoms with Gasteiger partial charge in [0, 0.05) is 11.0 Å². The summed E-state index contributed by atoms with van der Waals surface area (Å²) in [5.41, 5.74) is 4.90. The van der Waals surface area contributed by atoms with Gasteiger partial charge in [0.15, 0.2) is 0 Å². The summed E-state index contributed by atoms with van der Waals surface area (Å²) in [6, 6.07) is 2.32. The van der Waals surface area contributed by atoms with Crippen molar-refractivity contribution in [1.82, 2.24) is 5.32 Å². The molecule has 0 aliphatic carbocycles. The predicted molar refractivity (Wildman–Crippen MR) is 74.4 cm³/mol. The molecule has 0 saturated heterocycles. The van der Waals surface area contributed by atoms with Crippen molar-refractivity contribution >= 4 is 51.1 Å². The minimum absolute atomic E-state index is 0.445. The number of thiophene rings is 1. The number of carbonyl (C=O) groups is 3. The number of primary amides is 1. The maximum atomic E-state index is 11.5. The first-order valence-corrected chi connectivity index (χ1v) is 6.74. The molecule has 102 valence electrons. The van der Waals surface area contributed by atoms with Gasteiger partial charge in [-0.25, -0.2) is 4.79 Å². The Bertz CT molecular complexity index is 527. The molecule has 0 aliphatic rings. The van der Waals surface area contributed by atoms with Crippen LogP contribution in [0.4, 0.5) is 0 Å². The standard InChI is InChI=1S/C11H11BrN2O4S/c12-8-3-1-6(19-8)2-4-10(16)14-7(11(17)18)5-9(13)15/h1-4,7H,5H2,(H2,13,15)(H,14,16)(H,17,18)/b4-2+/t7-/m1/s1. The van der Waals surface area contributed by atoms with E-state index < -0.39 is 30.2 Å². The summed E-state index contributed by atoms with van der Waals surface area (Å²) in [5.74, 6) is -2.70. The van der Waals surface area contributed by atoms with Crippen molar-refractivity contribution in [3.8, 4) is 0 Å². The van der Waals surface area contributed by atoms with Gasteiger partial charge in [-0.3, -0.25) is 9.59 Å². The molecule has 0 radical (unpaired) electrons. The van der Waals surface area contributed by atoms with Crippen LogP contribution in [0.1, 0.15) is 11.3 Å². The van der Waals surface area contributed by atoms with E-state index in [4.69, 9.17) is 10.8 Å². The zero-order valence-electron chi connectivity index (χ0n) is 9.63. The summed E-state index contributed by atoms with van der Waals surface area (Å²) in [4.78, 5) is 33.8. The van der Waals surface area contributed by atoms with Crippen molar-refractivity contribution in [2.45, 2.75) is 12.5 Å². The summed E-state index contributed by atoms with van der Waals surface area (Å²) in [7, 11) is 0. The fraction of sp³-hybridized carbons (Fsp3) is 0.182. The summed E-state index contributed by atoms with van der Waals surface area (Å²) in [6.07, 6.45) is 2.31. The molecule has 1 heterocycles. The van der Waals surface area contributed by atoms with Gasteiger partial charge < -0.3 is 16.2 Å². The third kappa shape index (κ3) is 5.66. The molecule has 19 heavy (non-hydrogen) atoms. The van der Waals surface area contributed by atoms with E-state index in [0.717, 1.165) is 8.66 Å². The Kier molecular flexibility index (Phi) is 5.71. The van der Waals surface area contributed by atoms with Crippen LogP contribution in [-0.4, -0.2) is 28.9 Å². The lowest BCUT2D eigenvalue weighted by atomic mass is 10.2. The number of halogens is 1. The molecule has 2 amide bonds. The van der Waals surface area contributed by atoms with Crippen LogP contribution in [0.2, 0.25) is 0 Å². The number of amides is 2. The van der Waals surface area contributed by atoms with Gasteiger partial charge in [0.25, 0.3) is 0 Å². The maximum absolute atomic E-state index is 11.5. The molecule has 4 N–H and O–H groups in total. The van der Waals surface area contributed by atoms with Crippen LogP contribution in [-0.2, 0) is 14.4 Å². The Balaban J connectivity index is 2.60. The SMILES string of the molecule is NC(=O)C[C@@H](NC(=O)/C=C/c1ccc(Br)s1)C(=O)O. The molecule has 0 unspecified atom stereocenters. The first kappa shape index (κ1) is 15.4. The third-order valence-corrected chi connectivity index (χ3v) is 3.60. The highest BCUT2D eigenvalue weighted by atomic mass is 79.9. The van der Waals surface area contributed by atoms with Crippen LogP contribution in [0.3, 0.4) is 0 Å². The smallest absolute Gasteiger partial charge is 0.326 e. The Morgan fingerprint density at radius 1 is 1.47 bits per heavy atom. The summed E-state index contributed by atoms with van der Waals surface area (Å²) in [5, 5.41) is 11.0. The molecule has 1 rings (SSSR count). The average molecular weight is 347 g/mol. The van der Waals surface area contributed by atoms with Gasteiger partial charge in [-0.05, 0) is 34.1 Å². The van der Waals surface area contributed by atoms with Crippen molar-refractivity contribution < 1.29 is 19.5 Å². The third-order valence-electron chi connectivity index (χ3n) is 2.01. The van der Waals surface area contributed by atoms with Gasteiger partial charge in [-0.1, -0.05) is 0 Å². The highest BCUT2D eigenvalue weighted by Crippen LogP contribution is 2.22. The molecule has 1 atom stereocenters. The number of carboxylic acids is 1. The monoisotopic (exact) mass is 346 g/mol. The number of carbonyl (C=O) groups excluding carboxylic acids is 2. The fourth-order valence-electron chi connectivity index (χ4n) is 1.20. The molecular formula is C11H11BrN2O4S. The van der Waals surface area contributed by atoms with Gasteiger partial charge in [-0.15, -0.1) is 11.3 Å². The van der Waals surface area contributed by atoms with Crippen LogP contribution in [0.15, 0.2) is 22.0 Å². The van der Waals surface area contributed by atoms with E-state index in [1.54, 1.807) is 12.1 Å². The maximum Gasteiger partial charge on any atom is 0.326 e. The highest BCUT2D eigenvalue weighted by molar-refractivity contribution is 9.11. The minimum atomic E-state index is -1.32. The Morgan fingerprint density at radius 3 is 2.63 bits per heavy atom. The highest BCUT2D eigenvalue weighted by Gasteiger charge is 2.20. The number of rotatable bonds is 6. The van der Waals surface area contributed by atoms with Gasteiger partial charge in [0.2, 0.25) is 11.8 Å². The quantitative estimate of drug-likeness (QED) is 0.666. The Morgan fingerprint density at radius 2 is 2.16 bits per heavy atom. The molecule has 1 aromatic heterocycles. The lowest BCUT2D eigenvalue weighted by molar-refractivity contribution is -0.142. The van der Waals surface area contributed by atoms with E-state index >= 15 is 0 Å². The molecule has 0 aliphatic heterocycles. The van der Waals surface area contributed by atoms with Crippen molar-refractivity contribution in [1.29, 1.82) is 0 Å². The Labute approximate surface area is 121 Å². The van der Waals surface area contributed by atoms with Crippen molar-refractivity contribution in [3.63, 3.8) is 0 Å². The second-order valence-corrected chi connectivity index (χ2v) is 6.04. The molecular weight excluding hydrogens is 336 g/mol. The van der Waals surface area contributed by atoms with Gasteiger partial charge in [0.05, 0.1) is 10.2 Å². The zero-order valence-corrected chi connectivity index (χ0v) is 12.0. The van der Waals surface area contributed by atoms with Crippen molar-refractivity contribution in [2.24, 2.45) is 5.73 Å².